The Labute approximate surface area is 98.2 Å². The molecule has 0 aromatic heterocycles. The molecule has 4 heteroatoms. The molecule has 4 nitrogen and oxygen atoms in total. The SMILES string of the molecule is CC(C)N(CCO)CC(=O)N1CCCCC1. The normalized spacial score (nSPS) is 17.2. The first-order chi connectivity index (χ1) is 7.65. The van der Waals surface area contributed by atoms with Gasteiger partial charge in [0.25, 0.3) is 0 Å². The Morgan fingerprint density at radius 3 is 2.44 bits per heavy atom. The molecule has 0 saturated carbocycles. The van der Waals surface area contributed by atoms with Crippen molar-refractivity contribution in [3.8, 4) is 0 Å². The standard InChI is InChI=1S/C12H24N2O2/c1-11(2)14(8-9-15)10-12(16)13-6-4-3-5-7-13/h11,15H,3-10H2,1-2H3. The summed E-state index contributed by atoms with van der Waals surface area (Å²) >= 11 is 0. The first kappa shape index (κ1) is 13.5. The van der Waals surface area contributed by atoms with Gasteiger partial charge < -0.3 is 10.0 Å². The number of aliphatic hydroxyl groups excluding tert-OH is 1. The third-order valence-corrected chi connectivity index (χ3v) is 3.16. The van der Waals surface area contributed by atoms with E-state index in [1.807, 2.05) is 9.80 Å². The van der Waals surface area contributed by atoms with Crippen LogP contribution in [0.25, 0.3) is 0 Å². The summed E-state index contributed by atoms with van der Waals surface area (Å²) in [7, 11) is 0. The lowest BCUT2D eigenvalue weighted by Gasteiger charge is -2.31. The van der Waals surface area contributed by atoms with Crippen molar-refractivity contribution in [2.45, 2.75) is 39.2 Å². The van der Waals surface area contributed by atoms with Gasteiger partial charge in [0.05, 0.1) is 13.2 Å². The Balaban J connectivity index is 2.40. The molecule has 16 heavy (non-hydrogen) atoms. The third kappa shape index (κ3) is 4.10. The lowest BCUT2D eigenvalue weighted by Crippen LogP contribution is -2.45. The molecule has 0 aromatic carbocycles. The van der Waals surface area contributed by atoms with Gasteiger partial charge in [-0.15, -0.1) is 0 Å². The van der Waals surface area contributed by atoms with Crippen molar-refractivity contribution in [3.05, 3.63) is 0 Å². The van der Waals surface area contributed by atoms with Crippen LogP contribution in [0.4, 0.5) is 0 Å². The van der Waals surface area contributed by atoms with E-state index in [0.717, 1.165) is 25.9 Å². The van der Waals surface area contributed by atoms with E-state index in [-0.39, 0.29) is 12.5 Å². The molecule has 1 rings (SSSR count). The summed E-state index contributed by atoms with van der Waals surface area (Å²) in [6, 6.07) is 0.306. The summed E-state index contributed by atoms with van der Waals surface area (Å²) in [5.41, 5.74) is 0. The molecule has 0 radical (unpaired) electrons. The molecule has 1 N–H and O–H groups in total. The molecule has 1 aliphatic rings. The highest BCUT2D eigenvalue weighted by Gasteiger charge is 2.20. The molecule has 94 valence electrons. The summed E-state index contributed by atoms with van der Waals surface area (Å²) in [4.78, 5) is 16.0. The monoisotopic (exact) mass is 228 g/mol. The van der Waals surface area contributed by atoms with Crippen molar-refractivity contribution in [2.75, 3.05) is 32.8 Å². The molecule has 1 saturated heterocycles. The highest BCUT2D eigenvalue weighted by atomic mass is 16.3. The largest absolute Gasteiger partial charge is 0.395 e. The summed E-state index contributed by atoms with van der Waals surface area (Å²) in [5.74, 6) is 0.210. The van der Waals surface area contributed by atoms with Gasteiger partial charge in [0.15, 0.2) is 0 Å². The Bertz CT molecular complexity index is 213. The molecular weight excluding hydrogens is 204 g/mol. The first-order valence-electron chi connectivity index (χ1n) is 6.28. The Morgan fingerprint density at radius 2 is 1.94 bits per heavy atom. The predicted molar refractivity (Wildman–Crippen MR) is 64.2 cm³/mol. The minimum absolute atomic E-state index is 0.117. The average Bonchev–Trinajstić information content (AvgIpc) is 2.29. The third-order valence-electron chi connectivity index (χ3n) is 3.16. The summed E-state index contributed by atoms with van der Waals surface area (Å²) < 4.78 is 0. The van der Waals surface area contributed by atoms with E-state index >= 15 is 0 Å². The van der Waals surface area contributed by atoms with Gasteiger partial charge in [0.1, 0.15) is 0 Å². The number of carbonyl (C=O) groups is 1. The number of hydrogen-bond acceptors (Lipinski definition) is 3. The smallest absolute Gasteiger partial charge is 0.236 e. The number of hydrogen-bond donors (Lipinski definition) is 1. The number of carbonyl (C=O) groups excluding carboxylic acids is 1. The van der Waals surface area contributed by atoms with E-state index < -0.39 is 0 Å². The van der Waals surface area contributed by atoms with Crippen LogP contribution in [-0.4, -0.2) is 59.6 Å². The molecule has 0 aromatic rings. The molecule has 0 spiro atoms. The number of piperidine rings is 1. The highest BCUT2D eigenvalue weighted by Crippen LogP contribution is 2.09. The molecule has 1 aliphatic heterocycles. The summed E-state index contributed by atoms with van der Waals surface area (Å²) in [6.07, 6.45) is 3.51. The molecule has 1 amide bonds. The van der Waals surface area contributed by atoms with E-state index in [1.165, 1.54) is 6.42 Å². The zero-order chi connectivity index (χ0) is 12.0. The second kappa shape index (κ2) is 6.86. The van der Waals surface area contributed by atoms with Gasteiger partial charge in [0, 0.05) is 25.7 Å². The zero-order valence-corrected chi connectivity index (χ0v) is 10.5. The van der Waals surface area contributed by atoms with Crippen LogP contribution in [0.5, 0.6) is 0 Å². The molecule has 0 bridgehead atoms. The van der Waals surface area contributed by atoms with Crippen LogP contribution >= 0.6 is 0 Å². The van der Waals surface area contributed by atoms with E-state index in [0.29, 0.717) is 19.1 Å². The van der Waals surface area contributed by atoms with E-state index in [2.05, 4.69) is 13.8 Å². The fraction of sp³-hybridized carbons (Fsp3) is 0.917. The van der Waals surface area contributed by atoms with E-state index in [9.17, 15) is 4.79 Å². The Hall–Kier alpha value is -0.610. The van der Waals surface area contributed by atoms with Gasteiger partial charge in [-0.05, 0) is 33.1 Å². The van der Waals surface area contributed by atoms with Gasteiger partial charge >= 0.3 is 0 Å². The number of nitrogens with zero attached hydrogens (tertiary/aromatic N) is 2. The van der Waals surface area contributed by atoms with E-state index in [1.54, 1.807) is 0 Å². The number of aliphatic hydroxyl groups is 1. The van der Waals surface area contributed by atoms with Gasteiger partial charge in [-0.3, -0.25) is 9.69 Å². The van der Waals surface area contributed by atoms with Crippen LogP contribution < -0.4 is 0 Å². The Morgan fingerprint density at radius 1 is 1.31 bits per heavy atom. The van der Waals surface area contributed by atoms with Crippen LogP contribution in [0.3, 0.4) is 0 Å². The summed E-state index contributed by atoms with van der Waals surface area (Å²) in [6.45, 7) is 7.06. The highest BCUT2D eigenvalue weighted by molar-refractivity contribution is 5.78. The molecule has 0 unspecified atom stereocenters. The number of amides is 1. The lowest BCUT2D eigenvalue weighted by atomic mass is 10.1. The van der Waals surface area contributed by atoms with Gasteiger partial charge in [0.2, 0.25) is 5.91 Å². The first-order valence-corrected chi connectivity index (χ1v) is 6.28. The maximum Gasteiger partial charge on any atom is 0.236 e. The number of likely N-dealkylation sites (tertiary alicyclic amines) is 1. The van der Waals surface area contributed by atoms with Gasteiger partial charge in [-0.2, -0.15) is 0 Å². The van der Waals surface area contributed by atoms with Crippen molar-refractivity contribution >= 4 is 5.91 Å². The van der Waals surface area contributed by atoms with Crippen LogP contribution in [0.1, 0.15) is 33.1 Å². The minimum atomic E-state index is 0.117. The molecule has 0 atom stereocenters. The van der Waals surface area contributed by atoms with Crippen molar-refractivity contribution < 1.29 is 9.90 Å². The Kier molecular flexibility index (Phi) is 5.77. The number of rotatable bonds is 5. The molecular formula is C12H24N2O2. The fourth-order valence-corrected chi connectivity index (χ4v) is 2.07. The maximum absolute atomic E-state index is 12.0. The van der Waals surface area contributed by atoms with E-state index in [4.69, 9.17) is 5.11 Å². The van der Waals surface area contributed by atoms with Crippen molar-refractivity contribution in [3.63, 3.8) is 0 Å². The minimum Gasteiger partial charge on any atom is -0.395 e. The second-order valence-electron chi connectivity index (χ2n) is 4.73. The van der Waals surface area contributed by atoms with Crippen molar-refractivity contribution in [2.24, 2.45) is 0 Å². The summed E-state index contributed by atoms with van der Waals surface area (Å²) in [5, 5.41) is 8.94. The molecule has 1 fully saturated rings. The molecule has 1 heterocycles. The molecule has 0 aliphatic carbocycles. The van der Waals surface area contributed by atoms with Gasteiger partial charge in [-0.1, -0.05) is 0 Å². The zero-order valence-electron chi connectivity index (χ0n) is 10.5. The quantitative estimate of drug-likeness (QED) is 0.753. The van der Waals surface area contributed by atoms with Crippen LogP contribution in [0.2, 0.25) is 0 Å². The van der Waals surface area contributed by atoms with Crippen LogP contribution in [0.15, 0.2) is 0 Å². The fourth-order valence-electron chi connectivity index (χ4n) is 2.07. The van der Waals surface area contributed by atoms with Crippen molar-refractivity contribution in [1.82, 2.24) is 9.80 Å². The van der Waals surface area contributed by atoms with Crippen LogP contribution in [-0.2, 0) is 4.79 Å². The maximum atomic E-state index is 12.0. The lowest BCUT2D eigenvalue weighted by molar-refractivity contribution is -0.133. The van der Waals surface area contributed by atoms with Gasteiger partial charge in [-0.25, -0.2) is 0 Å². The predicted octanol–water partition coefficient (Wildman–Crippen LogP) is 0.702. The topological polar surface area (TPSA) is 43.8 Å². The van der Waals surface area contributed by atoms with Crippen molar-refractivity contribution in [1.29, 1.82) is 0 Å². The van der Waals surface area contributed by atoms with Crippen LogP contribution in [0, 0.1) is 0 Å². The second-order valence-corrected chi connectivity index (χ2v) is 4.73. The average molecular weight is 228 g/mol.